The second-order valence-corrected chi connectivity index (χ2v) is 6.08. The van der Waals surface area contributed by atoms with Gasteiger partial charge in [-0.05, 0) is 36.8 Å². The Labute approximate surface area is 138 Å². The second kappa shape index (κ2) is 7.87. The van der Waals surface area contributed by atoms with E-state index in [0.29, 0.717) is 29.9 Å². The van der Waals surface area contributed by atoms with Crippen molar-refractivity contribution in [2.75, 3.05) is 0 Å². The number of carbonyl (C=O) groups is 2. The van der Waals surface area contributed by atoms with Crippen LogP contribution >= 0.6 is 0 Å². The van der Waals surface area contributed by atoms with Gasteiger partial charge in [0.05, 0.1) is 0 Å². The molecular weight excluding hydrogens is 284 g/mol. The molecule has 0 N–H and O–H groups in total. The number of ketones is 2. The van der Waals surface area contributed by atoms with E-state index >= 15 is 0 Å². The molecule has 0 aliphatic carbocycles. The van der Waals surface area contributed by atoms with Crippen molar-refractivity contribution < 1.29 is 9.59 Å². The van der Waals surface area contributed by atoms with Gasteiger partial charge in [0.15, 0.2) is 11.6 Å². The third-order valence-electron chi connectivity index (χ3n) is 4.38. The first kappa shape index (κ1) is 17.1. The van der Waals surface area contributed by atoms with Gasteiger partial charge in [-0.1, -0.05) is 62.4 Å². The summed E-state index contributed by atoms with van der Waals surface area (Å²) < 4.78 is 0. The minimum atomic E-state index is -0.0623. The van der Waals surface area contributed by atoms with Crippen LogP contribution in [0.5, 0.6) is 0 Å². The van der Waals surface area contributed by atoms with E-state index in [9.17, 15) is 9.59 Å². The Balaban J connectivity index is 2.10. The summed E-state index contributed by atoms with van der Waals surface area (Å²) >= 11 is 0. The van der Waals surface area contributed by atoms with Crippen LogP contribution in [0.25, 0.3) is 0 Å². The van der Waals surface area contributed by atoms with E-state index in [1.54, 1.807) is 18.2 Å². The fourth-order valence-electron chi connectivity index (χ4n) is 2.72. The van der Waals surface area contributed by atoms with E-state index in [1.165, 1.54) is 18.1 Å². The molecule has 1 atom stereocenters. The topological polar surface area (TPSA) is 34.1 Å². The molecule has 0 radical (unpaired) electrons. The first-order valence-corrected chi connectivity index (χ1v) is 8.25. The Bertz CT molecular complexity index is 700. The molecule has 23 heavy (non-hydrogen) atoms. The quantitative estimate of drug-likeness (QED) is 0.657. The number of aryl methyl sites for hydroxylation is 1. The summed E-state index contributed by atoms with van der Waals surface area (Å²) in [4.78, 5) is 24.1. The van der Waals surface area contributed by atoms with Crippen molar-refractivity contribution in [2.24, 2.45) is 0 Å². The van der Waals surface area contributed by atoms with Gasteiger partial charge in [0.1, 0.15) is 0 Å². The molecule has 0 aliphatic heterocycles. The van der Waals surface area contributed by atoms with E-state index in [4.69, 9.17) is 0 Å². The van der Waals surface area contributed by atoms with Crippen LogP contribution in [0.4, 0.5) is 0 Å². The van der Waals surface area contributed by atoms with Crippen molar-refractivity contribution >= 4 is 11.6 Å². The average molecular weight is 308 g/mol. The lowest BCUT2D eigenvalue weighted by molar-refractivity contribution is 0.0962. The molecule has 0 aliphatic rings. The Morgan fingerprint density at radius 3 is 2.35 bits per heavy atom. The van der Waals surface area contributed by atoms with Crippen LogP contribution in [-0.2, 0) is 6.42 Å². The Hall–Kier alpha value is -2.22. The fourth-order valence-corrected chi connectivity index (χ4v) is 2.72. The first-order chi connectivity index (χ1) is 11.0. The van der Waals surface area contributed by atoms with E-state index in [1.807, 2.05) is 6.07 Å². The van der Waals surface area contributed by atoms with Gasteiger partial charge in [-0.3, -0.25) is 9.59 Å². The van der Waals surface area contributed by atoms with Crippen molar-refractivity contribution in [1.82, 2.24) is 0 Å². The third-order valence-corrected chi connectivity index (χ3v) is 4.38. The van der Waals surface area contributed by atoms with Crippen LogP contribution in [0, 0.1) is 0 Å². The minimum Gasteiger partial charge on any atom is -0.294 e. The van der Waals surface area contributed by atoms with Gasteiger partial charge >= 0.3 is 0 Å². The van der Waals surface area contributed by atoms with E-state index in [-0.39, 0.29) is 11.6 Å². The van der Waals surface area contributed by atoms with E-state index in [2.05, 4.69) is 38.1 Å². The second-order valence-electron chi connectivity index (χ2n) is 6.08. The van der Waals surface area contributed by atoms with Crippen molar-refractivity contribution in [1.29, 1.82) is 0 Å². The average Bonchev–Trinajstić information content (AvgIpc) is 2.59. The molecule has 2 heteroatoms. The van der Waals surface area contributed by atoms with Crippen molar-refractivity contribution in [3.8, 4) is 0 Å². The predicted octanol–water partition coefficient (Wildman–Crippen LogP) is 5.22. The molecule has 0 spiro atoms. The van der Waals surface area contributed by atoms with Crippen molar-refractivity contribution in [2.45, 2.75) is 46.0 Å². The zero-order chi connectivity index (χ0) is 16.8. The molecular formula is C21H24O2. The van der Waals surface area contributed by atoms with Crippen LogP contribution in [0.2, 0.25) is 0 Å². The van der Waals surface area contributed by atoms with Crippen LogP contribution in [0.3, 0.4) is 0 Å². The van der Waals surface area contributed by atoms with E-state index in [0.717, 1.165) is 6.42 Å². The molecule has 0 heterocycles. The molecule has 0 fully saturated rings. The monoisotopic (exact) mass is 308 g/mol. The maximum absolute atomic E-state index is 12.5. The van der Waals surface area contributed by atoms with Gasteiger partial charge in [0.2, 0.25) is 0 Å². The van der Waals surface area contributed by atoms with Crippen LogP contribution < -0.4 is 0 Å². The minimum absolute atomic E-state index is 0.0322. The number of Topliss-reactive ketones (excluding diaryl/α,β-unsaturated/α-hetero) is 2. The fraction of sp³-hybridized carbons (Fsp3) is 0.333. The van der Waals surface area contributed by atoms with Crippen molar-refractivity contribution in [3.63, 3.8) is 0 Å². The number of hydrogen-bond acceptors (Lipinski definition) is 2. The summed E-state index contributed by atoms with van der Waals surface area (Å²) in [7, 11) is 0. The molecule has 0 bridgehead atoms. The van der Waals surface area contributed by atoms with E-state index < -0.39 is 0 Å². The van der Waals surface area contributed by atoms with Crippen LogP contribution in [-0.4, -0.2) is 11.6 Å². The molecule has 2 rings (SSSR count). The standard InChI is InChI=1S/C21H24O2/c1-4-15(2)18-9-7-8-17(14-18)12-13-21(23)20-11-6-5-10-19(20)16(3)22/h5-11,14-15H,4,12-13H2,1-3H3. The Morgan fingerprint density at radius 2 is 1.70 bits per heavy atom. The largest absolute Gasteiger partial charge is 0.294 e. The molecule has 2 aromatic carbocycles. The Morgan fingerprint density at radius 1 is 1.00 bits per heavy atom. The number of hydrogen-bond donors (Lipinski definition) is 0. The molecule has 0 amide bonds. The van der Waals surface area contributed by atoms with Gasteiger partial charge in [-0.25, -0.2) is 0 Å². The highest BCUT2D eigenvalue weighted by atomic mass is 16.1. The van der Waals surface area contributed by atoms with Crippen LogP contribution in [0.1, 0.15) is 71.4 Å². The highest BCUT2D eigenvalue weighted by molar-refractivity contribution is 6.08. The van der Waals surface area contributed by atoms with Gasteiger partial charge in [-0.2, -0.15) is 0 Å². The number of benzene rings is 2. The highest BCUT2D eigenvalue weighted by Crippen LogP contribution is 2.21. The molecule has 0 saturated heterocycles. The molecule has 2 aromatic rings. The predicted molar refractivity (Wildman–Crippen MR) is 94.2 cm³/mol. The van der Waals surface area contributed by atoms with Gasteiger partial charge in [-0.15, -0.1) is 0 Å². The summed E-state index contributed by atoms with van der Waals surface area (Å²) in [5, 5.41) is 0. The summed E-state index contributed by atoms with van der Waals surface area (Å²) in [5.74, 6) is 0.501. The normalized spacial score (nSPS) is 12.0. The van der Waals surface area contributed by atoms with Gasteiger partial charge in [0.25, 0.3) is 0 Å². The van der Waals surface area contributed by atoms with Gasteiger partial charge in [0, 0.05) is 17.5 Å². The number of rotatable bonds is 7. The zero-order valence-corrected chi connectivity index (χ0v) is 14.1. The SMILES string of the molecule is CCC(C)c1cccc(CCC(=O)c2ccccc2C(C)=O)c1. The lowest BCUT2D eigenvalue weighted by Crippen LogP contribution is -2.08. The summed E-state index contributed by atoms with van der Waals surface area (Å²) in [6.07, 6.45) is 2.23. The smallest absolute Gasteiger partial charge is 0.163 e. The lowest BCUT2D eigenvalue weighted by Gasteiger charge is -2.11. The third kappa shape index (κ3) is 4.38. The molecule has 120 valence electrons. The molecule has 0 aromatic heterocycles. The zero-order valence-electron chi connectivity index (χ0n) is 14.1. The summed E-state index contributed by atoms with van der Waals surface area (Å²) in [5.41, 5.74) is 3.56. The summed E-state index contributed by atoms with van der Waals surface area (Å²) in [6.45, 7) is 5.90. The maximum atomic E-state index is 12.5. The highest BCUT2D eigenvalue weighted by Gasteiger charge is 2.14. The van der Waals surface area contributed by atoms with Gasteiger partial charge < -0.3 is 0 Å². The first-order valence-electron chi connectivity index (χ1n) is 8.25. The number of carbonyl (C=O) groups excluding carboxylic acids is 2. The van der Waals surface area contributed by atoms with Crippen LogP contribution in [0.15, 0.2) is 48.5 Å². The maximum Gasteiger partial charge on any atom is 0.163 e. The Kier molecular flexibility index (Phi) is 5.86. The molecule has 2 nitrogen and oxygen atoms in total. The summed E-state index contributed by atoms with van der Waals surface area (Å²) in [6, 6.07) is 15.5. The lowest BCUT2D eigenvalue weighted by atomic mass is 9.94. The molecule has 0 saturated carbocycles. The molecule has 1 unspecified atom stereocenters. The van der Waals surface area contributed by atoms with Crippen molar-refractivity contribution in [3.05, 3.63) is 70.8 Å².